The number of carbonyl (C=O) groups is 2. The summed E-state index contributed by atoms with van der Waals surface area (Å²) in [6.07, 6.45) is 0.628. The second kappa shape index (κ2) is 10.1. The molecule has 1 aromatic rings. The van der Waals surface area contributed by atoms with Crippen molar-refractivity contribution in [1.29, 1.82) is 0 Å². The van der Waals surface area contributed by atoms with E-state index in [1.54, 1.807) is 18.3 Å². The number of ether oxygens (including phenoxy) is 2. The summed E-state index contributed by atoms with van der Waals surface area (Å²) >= 11 is 1.59. The van der Waals surface area contributed by atoms with Gasteiger partial charge in [0.2, 0.25) is 0 Å². The van der Waals surface area contributed by atoms with Crippen molar-refractivity contribution in [2.24, 2.45) is 0 Å². The Kier molecular flexibility index (Phi) is 8.51. The van der Waals surface area contributed by atoms with E-state index in [-0.39, 0.29) is 6.61 Å². The average Bonchev–Trinajstić information content (AvgIpc) is 3.01. The molecular formula is C18H25NO4S. The third kappa shape index (κ3) is 7.16. The Morgan fingerprint density at radius 1 is 1.33 bits per heavy atom. The fourth-order valence-electron chi connectivity index (χ4n) is 1.97. The third-order valence-corrected chi connectivity index (χ3v) is 3.87. The molecule has 0 N–H and O–H groups in total. The van der Waals surface area contributed by atoms with Gasteiger partial charge in [-0.3, -0.25) is 4.79 Å². The summed E-state index contributed by atoms with van der Waals surface area (Å²) in [5.74, 6) is 4.54. The average molecular weight is 351 g/mol. The summed E-state index contributed by atoms with van der Waals surface area (Å²) < 4.78 is 10.3. The zero-order valence-electron chi connectivity index (χ0n) is 14.8. The predicted molar refractivity (Wildman–Crippen MR) is 94.7 cm³/mol. The number of nitrogens with zero attached hydrogens (tertiary/aromatic N) is 1. The van der Waals surface area contributed by atoms with Gasteiger partial charge in [-0.15, -0.1) is 11.3 Å². The van der Waals surface area contributed by atoms with Crippen LogP contribution >= 0.6 is 11.3 Å². The highest BCUT2D eigenvalue weighted by Gasteiger charge is 2.31. The SMILES string of the molecule is CCOC(=O)C(=O)N(CCCOCC#Cc1cccs1)C(C)(C)C. The minimum atomic E-state index is -0.810. The molecule has 0 unspecified atom stereocenters. The highest BCUT2D eigenvalue weighted by molar-refractivity contribution is 7.10. The summed E-state index contributed by atoms with van der Waals surface area (Å²) in [6.45, 7) is 8.78. The van der Waals surface area contributed by atoms with Crippen LogP contribution in [0.4, 0.5) is 0 Å². The maximum absolute atomic E-state index is 12.2. The summed E-state index contributed by atoms with van der Waals surface area (Å²) in [7, 11) is 0. The number of carbonyl (C=O) groups excluding carboxylic acids is 2. The van der Waals surface area contributed by atoms with Crippen molar-refractivity contribution in [3.63, 3.8) is 0 Å². The Morgan fingerprint density at radius 2 is 2.08 bits per heavy atom. The number of esters is 1. The normalized spacial score (nSPS) is 10.7. The van der Waals surface area contributed by atoms with E-state index in [2.05, 4.69) is 11.8 Å². The van der Waals surface area contributed by atoms with E-state index in [1.165, 1.54) is 4.90 Å². The first kappa shape index (κ1) is 20.2. The first-order chi connectivity index (χ1) is 11.4. The van der Waals surface area contributed by atoms with Crippen LogP contribution in [-0.2, 0) is 19.1 Å². The van der Waals surface area contributed by atoms with Crippen molar-refractivity contribution >= 4 is 23.2 Å². The van der Waals surface area contributed by atoms with Crippen LogP contribution < -0.4 is 0 Å². The molecule has 0 aromatic carbocycles. The molecule has 0 atom stereocenters. The Labute approximate surface area is 147 Å². The Bertz CT molecular complexity index is 578. The first-order valence-electron chi connectivity index (χ1n) is 7.95. The standard InChI is InChI=1S/C18H25NO4S/c1-5-23-17(21)16(20)19(18(2,3)4)11-8-13-22-12-6-9-15-10-7-14-24-15/h7,10,14H,5,8,11-13H2,1-4H3. The van der Waals surface area contributed by atoms with Gasteiger partial charge in [0.15, 0.2) is 0 Å². The van der Waals surface area contributed by atoms with Crippen LogP contribution in [0.1, 0.15) is 39.0 Å². The maximum Gasteiger partial charge on any atom is 0.397 e. The topological polar surface area (TPSA) is 55.8 Å². The number of hydrogen-bond donors (Lipinski definition) is 0. The molecule has 0 saturated carbocycles. The lowest BCUT2D eigenvalue weighted by Gasteiger charge is -2.34. The van der Waals surface area contributed by atoms with E-state index in [1.807, 2.05) is 38.3 Å². The second-order valence-electron chi connectivity index (χ2n) is 6.03. The molecule has 24 heavy (non-hydrogen) atoms. The van der Waals surface area contributed by atoms with Crippen LogP contribution in [-0.4, -0.2) is 48.7 Å². The number of amides is 1. The van der Waals surface area contributed by atoms with E-state index < -0.39 is 17.4 Å². The third-order valence-electron chi connectivity index (χ3n) is 3.08. The minimum Gasteiger partial charge on any atom is -0.459 e. The van der Waals surface area contributed by atoms with Crippen LogP contribution in [0, 0.1) is 11.8 Å². The number of thiophene rings is 1. The highest BCUT2D eigenvalue weighted by Crippen LogP contribution is 2.14. The molecule has 0 aliphatic carbocycles. The number of rotatable bonds is 6. The molecule has 0 bridgehead atoms. The molecule has 0 aliphatic rings. The lowest BCUT2D eigenvalue weighted by Crippen LogP contribution is -2.49. The quantitative estimate of drug-likeness (QED) is 0.342. The van der Waals surface area contributed by atoms with Crippen LogP contribution in [0.25, 0.3) is 0 Å². The van der Waals surface area contributed by atoms with E-state index in [0.717, 1.165) is 4.88 Å². The lowest BCUT2D eigenvalue weighted by atomic mass is 10.1. The van der Waals surface area contributed by atoms with Crippen LogP contribution in [0.3, 0.4) is 0 Å². The number of hydrogen-bond acceptors (Lipinski definition) is 5. The summed E-state index contributed by atoms with van der Waals surface area (Å²) in [5, 5.41) is 1.98. The van der Waals surface area contributed by atoms with Crippen LogP contribution in [0.15, 0.2) is 17.5 Å². The molecule has 1 aromatic heterocycles. The van der Waals surface area contributed by atoms with Gasteiger partial charge in [-0.05, 0) is 45.6 Å². The molecule has 0 saturated heterocycles. The van der Waals surface area contributed by atoms with Gasteiger partial charge in [0.05, 0.1) is 11.5 Å². The zero-order chi connectivity index (χ0) is 18.0. The van der Waals surface area contributed by atoms with Crippen molar-refractivity contribution in [1.82, 2.24) is 4.90 Å². The molecule has 0 fully saturated rings. The van der Waals surface area contributed by atoms with Crippen LogP contribution in [0.2, 0.25) is 0 Å². The lowest BCUT2D eigenvalue weighted by molar-refractivity contribution is -0.162. The molecule has 0 spiro atoms. The van der Waals surface area contributed by atoms with E-state index in [4.69, 9.17) is 9.47 Å². The molecule has 0 aliphatic heterocycles. The smallest absolute Gasteiger partial charge is 0.397 e. The molecule has 1 rings (SSSR count). The van der Waals surface area contributed by atoms with Gasteiger partial charge >= 0.3 is 11.9 Å². The molecule has 5 nitrogen and oxygen atoms in total. The Hall–Kier alpha value is -1.84. The van der Waals surface area contributed by atoms with E-state index >= 15 is 0 Å². The summed E-state index contributed by atoms with van der Waals surface area (Å²) in [6, 6.07) is 3.91. The largest absolute Gasteiger partial charge is 0.459 e. The Morgan fingerprint density at radius 3 is 2.67 bits per heavy atom. The van der Waals surface area contributed by atoms with Gasteiger partial charge in [-0.25, -0.2) is 4.79 Å². The zero-order valence-corrected chi connectivity index (χ0v) is 15.6. The molecular weight excluding hydrogens is 326 g/mol. The summed E-state index contributed by atoms with van der Waals surface area (Å²) in [4.78, 5) is 26.4. The van der Waals surface area contributed by atoms with E-state index in [9.17, 15) is 9.59 Å². The van der Waals surface area contributed by atoms with Crippen molar-refractivity contribution in [2.75, 3.05) is 26.4 Å². The molecule has 132 valence electrons. The van der Waals surface area contributed by atoms with Crippen molar-refractivity contribution in [2.45, 2.75) is 39.7 Å². The summed E-state index contributed by atoms with van der Waals surface area (Å²) in [5.41, 5.74) is -0.456. The fourth-order valence-corrected chi connectivity index (χ4v) is 2.56. The van der Waals surface area contributed by atoms with Gasteiger partial charge < -0.3 is 14.4 Å². The van der Waals surface area contributed by atoms with Gasteiger partial charge in [-0.2, -0.15) is 0 Å². The first-order valence-corrected chi connectivity index (χ1v) is 8.83. The molecule has 6 heteroatoms. The van der Waals surface area contributed by atoms with Gasteiger partial charge in [0, 0.05) is 18.7 Å². The van der Waals surface area contributed by atoms with Gasteiger partial charge in [0.25, 0.3) is 0 Å². The molecule has 0 radical (unpaired) electrons. The minimum absolute atomic E-state index is 0.189. The second-order valence-corrected chi connectivity index (χ2v) is 6.98. The maximum atomic E-state index is 12.2. The predicted octanol–water partition coefficient (Wildman–Crippen LogP) is 2.70. The molecule has 1 amide bonds. The van der Waals surface area contributed by atoms with Crippen molar-refractivity contribution < 1.29 is 19.1 Å². The van der Waals surface area contributed by atoms with Crippen LogP contribution in [0.5, 0.6) is 0 Å². The highest BCUT2D eigenvalue weighted by atomic mass is 32.1. The van der Waals surface area contributed by atoms with E-state index in [0.29, 0.717) is 26.2 Å². The van der Waals surface area contributed by atoms with Gasteiger partial charge in [0.1, 0.15) is 6.61 Å². The van der Waals surface area contributed by atoms with Gasteiger partial charge in [-0.1, -0.05) is 17.9 Å². The van der Waals surface area contributed by atoms with Crippen molar-refractivity contribution in [3.05, 3.63) is 22.4 Å². The Balaban J connectivity index is 2.37. The fraction of sp³-hybridized carbons (Fsp3) is 0.556. The molecule has 1 heterocycles. The monoisotopic (exact) mass is 351 g/mol. The van der Waals surface area contributed by atoms with Crippen molar-refractivity contribution in [3.8, 4) is 11.8 Å².